The van der Waals surface area contributed by atoms with Crippen molar-refractivity contribution >= 4 is 34.5 Å². The lowest BCUT2D eigenvalue weighted by Gasteiger charge is -2.27. The largest absolute Gasteiger partial charge is 0.383 e. The summed E-state index contributed by atoms with van der Waals surface area (Å²) in [6.45, 7) is 0.801. The first kappa shape index (κ1) is 18.2. The molecule has 0 spiro atoms. The molecular formula is C22H22ClN3S. The lowest BCUT2D eigenvalue weighted by molar-refractivity contribution is 0.459. The van der Waals surface area contributed by atoms with Gasteiger partial charge in [-0.2, -0.15) is 0 Å². The molecule has 0 fully saturated rings. The molecule has 1 unspecified atom stereocenters. The van der Waals surface area contributed by atoms with Gasteiger partial charge in [0.2, 0.25) is 0 Å². The second-order valence-electron chi connectivity index (χ2n) is 6.81. The summed E-state index contributed by atoms with van der Waals surface area (Å²) in [4.78, 5) is 5.64. The summed E-state index contributed by atoms with van der Waals surface area (Å²) < 4.78 is 0. The topological polar surface area (TPSA) is 50.4 Å². The van der Waals surface area contributed by atoms with Crippen LogP contribution in [-0.4, -0.2) is 5.84 Å². The minimum absolute atomic E-state index is 0.325. The zero-order valence-electron chi connectivity index (χ0n) is 15.0. The molecule has 138 valence electrons. The molecule has 1 aliphatic carbocycles. The molecule has 0 bridgehead atoms. The van der Waals surface area contributed by atoms with E-state index in [4.69, 9.17) is 17.3 Å². The summed E-state index contributed by atoms with van der Waals surface area (Å²) in [7, 11) is 0. The van der Waals surface area contributed by atoms with E-state index in [0.29, 0.717) is 11.9 Å². The van der Waals surface area contributed by atoms with E-state index in [0.717, 1.165) is 35.0 Å². The highest BCUT2D eigenvalue weighted by atomic mass is 35.5. The van der Waals surface area contributed by atoms with E-state index in [1.54, 1.807) is 11.3 Å². The van der Waals surface area contributed by atoms with Gasteiger partial charge in [0.05, 0.1) is 10.6 Å². The maximum Gasteiger partial charge on any atom is 0.141 e. The van der Waals surface area contributed by atoms with Gasteiger partial charge in [0.25, 0.3) is 0 Å². The highest BCUT2D eigenvalue weighted by Crippen LogP contribution is 2.33. The number of halogens is 1. The monoisotopic (exact) mass is 395 g/mol. The van der Waals surface area contributed by atoms with Crippen LogP contribution in [0.3, 0.4) is 0 Å². The summed E-state index contributed by atoms with van der Waals surface area (Å²) >= 11 is 7.71. The molecule has 0 saturated heterocycles. The fourth-order valence-electron chi connectivity index (χ4n) is 3.57. The number of hydrogen-bond donors (Lipinski definition) is 2. The zero-order valence-corrected chi connectivity index (χ0v) is 16.6. The van der Waals surface area contributed by atoms with Gasteiger partial charge in [-0.3, -0.25) is 0 Å². The molecule has 1 atom stereocenters. The standard InChI is InChI=1S/C22H22ClN3S/c23-17-6-1-4-15(12-17)14-25-20-7-2-5-16-9-10-18(13-19(16)20)26-22(24)21-8-3-11-27-21/h1,3-4,6,8-13,20,25H,2,5,7,14H2,(H2,24,26). The van der Waals surface area contributed by atoms with Gasteiger partial charge in [0, 0.05) is 17.6 Å². The molecule has 4 rings (SSSR count). The quantitative estimate of drug-likeness (QED) is 0.436. The summed E-state index contributed by atoms with van der Waals surface area (Å²) in [5.74, 6) is 0.573. The number of aliphatic imine (C=N–C) groups is 1. The number of thiophene rings is 1. The van der Waals surface area contributed by atoms with E-state index in [1.165, 1.54) is 23.1 Å². The van der Waals surface area contributed by atoms with E-state index in [1.807, 2.05) is 35.7 Å². The molecule has 3 aromatic rings. The van der Waals surface area contributed by atoms with E-state index in [-0.39, 0.29) is 0 Å². The van der Waals surface area contributed by atoms with Gasteiger partial charge in [0.1, 0.15) is 5.84 Å². The Hall–Kier alpha value is -2.14. The lowest BCUT2D eigenvalue weighted by atomic mass is 9.87. The first-order valence-corrected chi connectivity index (χ1v) is 10.4. The number of rotatable bonds is 5. The van der Waals surface area contributed by atoms with Crippen LogP contribution in [0, 0.1) is 0 Å². The Morgan fingerprint density at radius 1 is 1.19 bits per heavy atom. The van der Waals surface area contributed by atoms with Gasteiger partial charge >= 0.3 is 0 Å². The van der Waals surface area contributed by atoms with Gasteiger partial charge in [-0.05, 0) is 71.7 Å². The van der Waals surface area contributed by atoms with Crippen LogP contribution in [0.4, 0.5) is 5.69 Å². The molecule has 1 aliphatic rings. The number of benzene rings is 2. The zero-order chi connectivity index (χ0) is 18.6. The number of fused-ring (bicyclic) bond motifs is 1. The van der Waals surface area contributed by atoms with Crippen LogP contribution in [0.2, 0.25) is 5.02 Å². The predicted octanol–water partition coefficient (Wildman–Crippen LogP) is 5.61. The van der Waals surface area contributed by atoms with Gasteiger partial charge in [0.15, 0.2) is 0 Å². The molecule has 2 aromatic carbocycles. The van der Waals surface area contributed by atoms with Crippen LogP contribution >= 0.6 is 22.9 Å². The first-order valence-electron chi connectivity index (χ1n) is 9.18. The molecule has 0 aliphatic heterocycles. The summed E-state index contributed by atoms with van der Waals surface area (Å²) in [5.41, 5.74) is 11.0. The average molecular weight is 396 g/mol. The number of nitrogens with zero attached hydrogens (tertiary/aromatic N) is 1. The Kier molecular flexibility index (Phi) is 5.58. The third-order valence-corrected chi connectivity index (χ3v) is 6.04. The van der Waals surface area contributed by atoms with Gasteiger partial charge < -0.3 is 11.1 Å². The molecule has 1 heterocycles. The molecule has 0 amide bonds. The lowest BCUT2D eigenvalue weighted by Crippen LogP contribution is -2.24. The second-order valence-corrected chi connectivity index (χ2v) is 8.20. The number of hydrogen-bond acceptors (Lipinski definition) is 3. The maximum atomic E-state index is 6.16. The maximum absolute atomic E-state index is 6.16. The predicted molar refractivity (Wildman–Crippen MR) is 115 cm³/mol. The van der Waals surface area contributed by atoms with Crippen molar-refractivity contribution < 1.29 is 0 Å². The molecule has 3 N–H and O–H groups in total. The highest BCUT2D eigenvalue weighted by Gasteiger charge is 2.20. The van der Waals surface area contributed by atoms with Gasteiger partial charge in [-0.15, -0.1) is 11.3 Å². The van der Waals surface area contributed by atoms with Crippen molar-refractivity contribution in [3.05, 3.63) is 86.6 Å². The molecule has 0 radical (unpaired) electrons. The first-order chi connectivity index (χ1) is 13.2. The summed E-state index contributed by atoms with van der Waals surface area (Å²) in [5, 5.41) is 6.48. The van der Waals surface area contributed by atoms with E-state index < -0.39 is 0 Å². The third-order valence-electron chi connectivity index (χ3n) is 4.91. The van der Waals surface area contributed by atoms with Crippen molar-refractivity contribution in [3.8, 4) is 0 Å². The van der Waals surface area contributed by atoms with Crippen LogP contribution in [0.1, 0.15) is 40.5 Å². The minimum Gasteiger partial charge on any atom is -0.383 e. The molecule has 5 heteroatoms. The highest BCUT2D eigenvalue weighted by molar-refractivity contribution is 7.12. The van der Waals surface area contributed by atoms with Crippen molar-refractivity contribution in [1.29, 1.82) is 0 Å². The van der Waals surface area contributed by atoms with Crippen molar-refractivity contribution in [2.75, 3.05) is 0 Å². The summed E-state index contributed by atoms with van der Waals surface area (Å²) in [6, 6.07) is 18.8. The van der Waals surface area contributed by atoms with E-state index in [9.17, 15) is 0 Å². The smallest absolute Gasteiger partial charge is 0.141 e. The Labute approximate surface area is 168 Å². The Morgan fingerprint density at radius 2 is 2.11 bits per heavy atom. The van der Waals surface area contributed by atoms with Crippen molar-refractivity contribution in [2.24, 2.45) is 10.7 Å². The van der Waals surface area contributed by atoms with Crippen molar-refractivity contribution in [1.82, 2.24) is 5.32 Å². The molecule has 1 aromatic heterocycles. The van der Waals surface area contributed by atoms with Gasteiger partial charge in [-0.1, -0.05) is 35.9 Å². The molecule has 27 heavy (non-hydrogen) atoms. The fraction of sp³-hybridized carbons (Fsp3) is 0.227. The van der Waals surface area contributed by atoms with Crippen LogP contribution < -0.4 is 11.1 Å². The number of nitrogens with two attached hydrogens (primary N) is 1. The van der Waals surface area contributed by atoms with Crippen LogP contribution in [0.5, 0.6) is 0 Å². The normalized spacial score (nSPS) is 16.9. The number of amidine groups is 1. The Balaban J connectivity index is 1.55. The molecule has 3 nitrogen and oxygen atoms in total. The minimum atomic E-state index is 0.325. The van der Waals surface area contributed by atoms with Crippen molar-refractivity contribution in [3.63, 3.8) is 0 Å². The average Bonchev–Trinajstić information content (AvgIpc) is 3.21. The SMILES string of the molecule is NC(=Nc1ccc2c(c1)C(NCc1cccc(Cl)c1)CCC2)c1cccs1. The van der Waals surface area contributed by atoms with Gasteiger partial charge in [-0.25, -0.2) is 4.99 Å². The van der Waals surface area contributed by atoms with Crippen molar-refractivity contribution in [2.45, 2.75) is 31.8 Å². The third kappa shape index (κ3) is 4.41. The van der Waals surface area contributed by atoms with Crippen LogP contribution in [0.15, 0.2) is 65.0 Å². The Morgan fingerprint density at radius 3 is 2.93 bits per heavy atom. The number of aryl methyl sites for hydroxylation is 1. The Bertz CT molecular complexity index is 950. The number of nitrogens with one attached hydrogen (secondary N) is 1. The molecular weight excluding hydrogens is 374 g/mol. The molecule has 0 saturated carbocycles. The van der Waals surface area contributed by atoms with E-state index in [2.05, 4.69) is 34.6 Å². The van der Waals surface area contributed by atoms with Crippen LogP contribution in [-0.2, 0) is 13.0 Å². The van der Waals surface area contributed by atoms with Crippen LogP contribution in [0.25, 0.3) is 0 Å². The summed E-state index contributed by atoms with van der Waals surface area (Å²) in [6.07, 6.45) is 3.44. The fourth-order valence-corrected chi connectivity index (χ4v) is 4.41. The van der Waals surface area contributed by atoms with E-state index >= 15 is 0 Å². The second kappa shape index (κ2) is 8.26.